The Bertz CT molecular complexity index is 656. The van der Waals surface area contributed by atoms with Crippen LogP contribution in [0.3, 0.4) is 0 Å². The van der Waals surface area contributed by atoms with Gasteiger partial charge in [-0.25, -0.2) is 0 Å². The topological polar surface area (TPSA) is 62.2 Å². The second-order valence-corrected chi connectivity index (χ2v) is 5.35. The van der Waals surface area contributed by atoms with E-state index in [4.69, 9.17) is 5.11 Å². The maximum absolute atomic E-state index is 12.0. The predicted molar refractivity (Wildman–Crippen MR) is 83.0 cm³/mol. The van der Waals surface area contributed by atoms with Crippen molar-refractivity contribution in [3.05, 3.63) is 52.0 Å². The molecule has 4 nitrogen and oxygen atoms in total. The van der Waals surface area contributed by atoms with Crippen LogP contribution in [0.4, 0.5) is 0 Å². The van der Waals surface area contributed by atoms with Crippen molar-refractivity contribution in [1.29, 1.82) is 0 Å². The lowest BCUT2D eigenvalue weighted by Crippen LogP contribution is -2.25. The molecular formula is C16H16N2O2S. The van der Waals surface area contributed by atoms with Crippen LogP contribution in [0.15, 0.2) is 36.0 Å². The summed E-state index contributed by atoms with van der Waals surface area (Å²) in [6, 6.07) is 7.61. The molecule has 2 aromatic rings. The minimum Gasteiger partial charge on any atom is -0.395 e. The Labute approximate surface area is 127 Å². The Morgan fingerprint density at radius 2 is 2.38 bits per heavy atom. The number of carbonyl (C=O) groups excluding carboxylic acids is 1. The van der Waals surface area contributed by atoms with E-state index in [1.807, 2.05) is 31.2 Å². The molecule has 1 unspecified atom stereocenters. The SMILES string of the molecule is CC(NC(=O)c1cncs1)c1cccc(C#CCCO)c1. The average Bonchev–Trinajstić information content (AvgIpc) is 3.02. The van der Waals surface area contributed by atoms with Crippen molar-refractivity contribution in [1.82, 2.24) is 10.3 Å². The van der Waals surface area contributed by atoms with Crippen LogP contribution in [-0.2, 0) is 0 Å². The first-order valence-electron chi connectivity index (χ1n) is 6.59. The minimum atomic E-state index is -0.123. The molecule has 0 spiro atoms. The van der Waals surface area contributed by atoms with Crippen LogP contribution in [0.25, 0.3) is 0 Å². The molecule has 0 saturated heterocycles. The van der Waals surface area contributed by atoms with Crippen molar-refractivity contribution in [3.8, 4) is 11.8 Å². The molecule has 1 aromatic heterocycles. The summed E-state index contributed by atoms with van der Waals surface area (Å²) in [6.45, 7) is 1.99. The van der Waals surface area contributed by atoms with Gasteiger partial charge >= 0.3 is 0 Å². The van der Waals surface area contributed by atoms with E-state index in [9.17, 15) is 4.79 Å². The van der Waals surface area contributed by atoms with E-state index in [-0.39, 0.29) is 18.6 Å². The van der Waals surface area contributed by atoms with Crippen molar-refractivity contribution in [3.63, 3.8) is 0 Å². The standard InChI is InChI=1S/C16H16N2O2S/c1-12(18-16(20)15-10-17-11-21-15)14-7-4-6-13(9-14)5-2-3-8-19/h4,6-7,9-12,19H,3,8H2,1H3,(H,18,20). The van der Waals surface area contributed by atoms with Gasteiger partial charge in [0.1, 0.15) is 4.88 Å². The number of aromatic nitrogens is 1. The Kier molecular flexibility index (Phi) is 5.50. The smallest absolute Gasteiger partial charge is 0.263 e. The van der Waals surface area contributed by atoms with Gasteiger partial charge in [-0.2, -0.15) is 0 Å². The van der Waals surface area contributed by atoms with Crippen molar-refractivity contribution in [2.45, 2.75) is 19.4 Å². The van der Waals surface area contributed by atoms with Gasteiger partial charge in [0, 0.05) is 12.0 Å². The molecular weight excluding hydrogens is 284 g/mol. The number of hydrogen-bond acceptors (Lipinski definition) is 4. The fourth-order valence-electron chi connectivity index (χ4n) is 1.79. The summed E-state index contributed by atoms with van der Waals surface area (Å²) in [5.74, 6) is 5.75. The molecule has 0 fully saturated rings. The summed E-state index contributed by atoms with van der Waals surface area (Å²) in [5, 5.41) is 11.7. The van der Waals surface area contributed by atoms with E-state index in [1.165, 1.54) is 11.3 Å². The van der Waals surface area contributed by atoms with Gasteiger partial charge in [0.05, 0.1) is 24.4 Å². The molecule has 0 aliphatic rings. The highest BCUT2D eigenvalue weighted by Gasteiger charge is 2.12. The lowest BCUT2D eigenvalue weighted by molar-refractivity contribution is 0.0944. The number of aliphatic hydroxyl groups is 1. The third-order valence-corrected chi connectivity index (χ3v) is 3.63. The van der Waals surface area contributed by atoms with Gasteiger partial charge < -0.3 is 10.4 Å². The lowest BCUT2D eigenvalue weighted by Gasteiger charge is -2.13. The first kappa shape index (κ1) is 15.2. The summed E-state index contributed by atoms with van der Waals surface area (Å²) in [6.07, 6.45) is 2.02. The van der Waals surface area contributed by atoms with Crippen LogP contribution < -0.4 is 5.32 Å². The number of amides is 1. The predicted octanol–water partition coefficient (Wildman–Crippen LogP) is 2.37. The normalized spacial score (nSPS) is 11.3. The maximum Gasteiger partial charge on any atom is 0.263 e. The third-order valence-electron chi connectivity index (χ3n) is 2.86. The van der Waals surface area contributed by atoms with Gasteiger partial charge in [0.2, 0.25) is 0 Å². The van der Waals surface area contributed by atoms with Crippen LogP contribution in [0, 0.1) is 11.8 Å². The monoisotopic (exact) mass is 300 g/mol. The van der Waals surface area contributed by atoms with Crippen molar-refractivity contribution >= 4 is 17.2 Å². The zero-order valence-corrected chi connectivity index (χ0v) is 12.5. The number of benzene rings is 1. The molecule has 2 rings (SSSR count). The summed E-state index contributed by atoms with van der Waals surface area (Å²) in [4.78, 5) is 16.5. The molecule has 1 heterocycles. The highest BCUT2D eigenvalue weighted by atomic mass is 32.1. The van der Waals surface area contributed by atoms with Gasteiger partial charge in [-0.3, -0.25) is 9.78 Å². The van der Waals surface area contributed by atoms with Crippen LogP contribution in [0.2, 0.25) is 0 Å². The molecule has 0 radical (unpaired) electrons. The lowest BCUT2D eigenvalue weighted by atomic mass is 10.1. The summed E-state index contributed by atoms with van der Waals surface area (Å²) >= 11 is 1.32. The first-order valence-corrected chi connectivity index (χ1v) is 7.47. The van der Waals surface area contributed by atoms with E-state index in [1.54, 1.807) is 11.7 Å². The van der Waals surface area contributed by atoms with Gasteiger partial charge in [-0.1, -0.05) is 24.0 Å². The molecule has 5 heteroatoms. The van der Waals surface area contributed by atoms with Gasteiger partial charge in [-0.15, -0.1) is 11.3 Å². The molecule has 108 valence electrons. The Morgan fingerprint density at radius 3 is 3.10 bits per heavy atom. The zero-order chi connectivity index (χ0) is 15.1. The second-order valence-electron chi connectivity index (χ2n) is 4.46. The van der Waals surface area contributed by atoms with E-state index >= 15 is 0 Å². The molecule has 0 aliphatic carbocycles. The van der Waals surface area contributed by atoms with E-state index in [0.717, 1.165) is 11.1 Å². The fraction of sp³-hybridized carbons (Fsp3) is 0.250. The number of aliphatic hydroxyl groups excluding tert-OH is 1. The zero-order valence-electron chi connectivity index (χ0n) is 11.7. The molecule has 1 amide bonds. The molecule has 0 bridgehead atoms. The molecule has 0 saturated carbocycles. The number of rotatable bonds is 4. The fourth-order valence-corrected chi connectivity index (χ4v) is 2.31. The third kappa shape index (κ3) is 4.42. The Morgan fingerprint density at radius 1 is 1.52 bits per heavy atom. The van der Waals surface area contributed by atoms with Crippen molar-refractivity contribution in [2.75, 3.05) is 6.61 Å². The number of thiazole rings is 1. The average molecular weight is 300 g/mol. The van der Waals surface area contributed by atoms with Crippen molar-refractivity contribution in [2.24, 2.45) is 0 Å². The summed E-state index contributed by atoms with van der Waals surface area (Å²) < 4.78 is 0. The quantitative estimate of drug-likeness (QED) is 0.852. The molecule has 0 aliphatic heterocycles. The molecule has 1 aromatic carbocycles. The number of carbonyl (C=O) groups is 1. The van der Waals surface area contributed by atoms with Crippen LogP contribution in [0.5, 0.6) is 0 Å². The van der Waals surface area contributed by atoms with Gasteiger partial charge in [-0.05, 0) is 24.6 Å². The summed E-state index contributed by atoms with van der Waals surface area (Å²) in [5.41, 5.74) is 3.50. The molecule has 1 atom stereocenters. The molecule has 21 heavy (non-hydrogen) atoms. The van der Waals surface area contributed by atoms with Crippen LogP contribution in [0.1, 0.15) is 40.2 Å². The first-order chi connectivity index (χ1) is 10.2. The van der Waals surface area contributed by atoms with E-state index < -0.39 is 0 Å². The van der Waals surface area contributed by atoms with E-state index in [0.29, 0.717) is 11.3 Å². The largest absolute Gasteiger partial charge is 0.395 e. The Balaban J connectivity index is 2.06. The number of nitrogens with zero attached hydrogens (tertiary/aromatic N) is 1. The summed E-state index contributed by atoms with van der Waals surface area (Å²) in [7, 11) is 0. The second kappa shape index (κ2) is 7.58. The van der Waals surface area contributed by atoms with Gasteiger partial charge in [0.15, 0.2) is 0 Å². The van der Waals surface area contributed by atoms with Crippen molar-refractivity contribution < 1.29 is 9.90 Å². The maximum atomic E-state index is 12.0. The van der Waals surface area contributed by atoms with Crippen LogP contribution >= 0.6 is 11.3 Å². The molecule has 2 N–H and O–H groups in total. The Hall–Kier alpha value is -2.16. The van der Waals surface area contributed by atoms with Crippen LogP contribution in [-0.4, -0.2) is 22.6 Å². The highest BCUT2D eigenvalue weighted by Crippen LogP contribution is 2.15. The van der Waals surface area contributed by atoms with Gasteiger partial charge in [0.25, 0.3) is 5.91 Å². The number of hydrogen-bond donors (Lipinski definition) is 2. The number of nitrogens with one attached hydrogen (secondary N) is 1. The van der Waals surface area contributed by atoms with E-state index in [2.05, 4.69) is 22.1 Å². The minimum absolute atomic E-state index is 0.0635. The highest BCUT2D eigenvalue weighted by molar-refractivity contribution is 7.11.